The van der Waals surface area contributed by atoms with Gasteiger partial charge in [-0.3, -0.25) is 0 Å². The summed E-state index contributed by atoms with van der Waals surface area (Å²) >= 11 is 0. The predicted octanol–water partition coefficient (Wildman–Crippen LogP) is 4.38. The summed E-state index contributed by atoms with van der Waals surface area (Å²) in [4.78, 5) is 16.5. The number of pyridine rings is 1. The maximum Gasteiger partial charge on any atom is 0.149 e. The van der Waals surface area contributed by atoms with Crippen molar-refractivity contribution in [1.29, 1.82) is 0 Å². The van der Waals surface area contributed by atoms with Crippen molar-refractivity contribution < 1.29 is 9.53 Å². The fraction of sp³-hybridized carbons (Fsp3) is 0.455. The van der Waals surface area contributed by atoms with E-state index in [0.717, 1.165) is 34.7 Å². The summed E-state index contributed by atoms with van der Waals surface area (Å²) in [6, 6.07) is 8.39. The Bertz CT molecular complexity index is 742. The van der Waals surface area contributed by atoms with Crippen LogP contribution in [0.25, 0.3) is 5.82 Å². The SMILES string of the molecule is C=CCO[C@@H](C=O)[C@H](Cc1cc(C)cc(-n2c(C)ccc2C)n1)C(C)C. The number of hydrogen-bond donors (Lipinski definition) is 0. The van der Waals surface area contributed by atoms with Crippen molar-refractivity contribution in [3.63, 3.8) is 0 Å². The molecule has 0 unspecified atom stereocenters. The molecule has 0 fully saturated rings. The van der Waals surface area contributed by atoms with Gasteiger partial charge in [0.15, 0.2) is 0 Å². The number of aldehydes is 1. The van der Waals surface area contributed by atoms with Gasteiger partial charge < -0.3 is 14.1 Å². The van der Waals surface area contributed by atoms with Crippen LogP contribution in [0.1, 0.15) is 36.5 Å². The van der Waals surface area contributed by atoms with E-state index >= 15 is 0 Å². The van der Waals surface area contributed by atoms with Crippen LogP contribution in [0.2, 0.25) is 0 Å². The molecule has 0 amide bonds. The molecule has 0 N–H and O–H groups in total. The predicted molar refractivity (Wildman–Crippen MR) is 106 cm³/mol. The molecule has 0 aliphatic rings. The van der Waals surface area contributed by atoms with Gasteiger partial charge in [0.05, 0.1) is 6.61 Å². The molecule has 2 rings (SSSR count). The Morgan fingerprint density at radius 1 is 1.19 bits per heavy atom. The minimum absolute atomic E-state index is 0.0708. The van der Waals surface area contributed by atoms with Crippen molar-refractivity contribution in [3.8, 4) is 5.82 Å². The van der Waals surface area contributed by atoms with Crippen molar-refractivity contribution in [1.82, 2.24) is 9.55 Å². The van der Waals surface area contributed by atoms with Crippen LogP contribution >= 0.6 is 0 Å². The Kier molecular flexibility index (Phi) is 6.92. The highest BCUT2D eigenvalue weighted by molar-refractivity contribution is 5.57. The quantitative estimate of drug-likeness (QED) is 0.496. The number of hydrogen-bond acceptors (Lipinski definition) is 3. The normalized spacial score (nSPS) is 13.6. The van der Waals surface area contributed by atoms with E-state index in [2.05, 4.69) is 70.0 Å². The van der Waals surface area contributed by atoms with Gasteiger partial charge in [0.25, 0.3) is 0 Å². The summed E-state index contributed by atoms with van der Waals surface area (Å²) in [6.07, 6.45) is 2.83. The number of aryl methyl sites for hydroxylation is 3. The molecule has 2 aromatic heterocycles. The Hall–Kier alpha value is -2.20. The Balaban J connectivity index is 2.35. The molecule has 26 heavy (non-hydrogen) atoms. The highest BCUT2D eigenvalue weighted by atomic mass is 16.5. The molecule has 0 saturated heterocycles. The van der Waals surface area contributed by atoms with Crippen LogP contribution in [0.5, 0.6) is 0 Å². The molecule has 0 aliphatic heterocycles. The lowest BCUT2D eigenvalue weighted by atomic mass is 9.86. The van der Waals surface area contributed by atoms with Gasteiger partial charge in [-0.1, -0.05) is 19.9 Å². The van der Waals surface area contributed by atoms with Gasteiger partial charge in [0.2, 0.25) is 0 Å². The van der Waals surface area contributed by atoms with Crippen molar-refractivity contribution >= 4 is 6.29 Å². The van der Waals surface area contributed by atoms with Crippen LogP contribution in [-0.2, 0) is 16.0 Å². The van der Waals surface area contributed by atoms with Crippen molar-refractivity contribution in [2.45, 2.75) is 47.1 Å². The lowest BCUT2D eigenvalue weighted by Gasteiger charge is -2.26. The minimum atomic E-state index is -0.450. The maximum atomic E-state index is 11.6. The second-order valence-electron chi connectivity index (χ2n) is 7.28. The van der Waals surface area contributed by atoms with Crippen LogP contribution in [0.4, 0.5) is 0 Å². The third kappa shape index (κ3) is 4.70. The van der Waals surface area contributed by atoms with E-state index in [1.54, 1.807) is 6.08 Å². The zero-order chi connectivity index (χ0) is 19.3. The van der Waals surface area contributed by atoms with Gasteiger partial charge in [0.1, 0.15) is 18.2 Å². The molecule has 0 radical (unpaired) electrons. The fourth-order valence-corrected chi connectivity index (χ4v) is 3.38. The van der Waals surface area contributed by atoms with E-state index in [1.807, 2.05) is 0 Å². The summed E-state index contributed by atoms with van der Waals surface area (Å²) in [6.45, 7) is 14.5. The monoisotopic (exact) mass is 354 g/mol. The Morgan fingerprint density at radius 3 is 2.38 bits per heavy atom. The van der Waals surface area contributed by atoms with Crippen molar-refractivity contribution in [2.24, 2.45) is 11.8 Å². The van der Waals surface area contributed by atoms with E-state index < -0.39 is 6.10 Å². The van der Waals surface area contributed by atoms with Crippen molar-refractivity contribution in [3.05, 3.63) is 59.6 Å². The first-order valence-corrected chi connectivity index (χ1v) is 9.18. The van der Waals surface area contributed by atoms with Gasteiger partial charge in [-0.05, 0) is 68.9 Å². The first-order valence-electron chi connectivity index (χ1n) is 9.18. The van der Waals surface area contributed by atoms with E-state index in [4.69, 9.17) is 9.72 Å². The number of carbonyl (C=O) groups is 1. The standard InChI is InChI=1S/C22H30N2O2/c1-7-10-26-21(14-25)20(15(2)3)13-19-11-16(4)12-22(23-19)24-17(5)8-9-18(24)6/h7-9,11-12,14-15,20-21H,1,10,13H2,2-6H3/t20-,21+/m1/s1. The summed E-state index contributed by atoms with van der Waals surface area (Å²) < 4.78 is 7.85. The highest BCUT2D eigenvalue weighted by Gasteiger charge is 2.26. The number of carbonyl (C=O) groups excluding carboxylic acids is 1. The lowest BCUT2D eigenvalue weighted by Crippen LogP contribution is -2.31. The number of nitrogens with zero attached hydrogens (tertiary/aromatic N) is 2. The van der Waals surface area contributed by atoms with E-state index in [-0.39, 0.29) is 5.92 Å². The molecule has 0 aliphatic carbocycles. The molecule has 0 saturated carbocycles. The second-order valence-corrected chi connectivity index (χ2v) is 7.28. The topological polar surface area (TPSA) is 44.1 Å². The van der Waals surface area contributed by atoms with Gasteiger partial charge in [-0.25, -0.2) is 4.98 Å². The average molecular weight is 354 g/mol. The molecule has 140 valence electrons. The first-order chi connectivity index (χ1) is 12.4. The first kappa shape index (κ1) is 20.1. The summed E-state index contributed by atoms with van der Waals surface area (Å²) in [7, 11) is 0. The highest BCUT2D eigenvalue weighted by Crippen LogP contribution is 2.24. The number of ether oxygens (including phenoxy) is 1. The van der Waals surface area contributed by atoms with Crippen LogP contribution in [-0.4, -0.2) is 28.5 Å². The molecule has 4 nitrogen and oxygen atoms in total. The molecule has 4 heteroatoms. The molecule has 2 atom stereocenters. The molecule has 0 bridgehead atoms. The number of aromatic nitrogens is 2. The third-order valence-electron chi connectivity index (χ3n) is 4.77. The van der Waals surface area contributed by atoms with Gasteiger partial charge in [-0.2, -0.15) is 0 Å². The summed E-state index contributed by atoms with van der Waals surface area (Å²) in [5.74, 6) is 1.30. The zero-order valence-electron chi connectivity index (χ0n) is 16.5. The molecular formula is C22H30N2O2. The third-order valence-corrected chi connectivity index (χ3v) is 4.77. The van der Waals surface area contributed by atoms with Gasteiger partial charge >= 0.3 is 0 Å². The largest absolute Gasteiger partial charge is 0.366 e. The summed E-state index contributed by atoms with van der Waals surface area (Å²) in [5.41, 5.74) is 4.47. The van der Waals surface area contributed by atoms with Gasteiger partial charge in [0, 0.05) is 17.1 Å². The number of rotatable bonds is 9. The average Bonchev–Trinajstić information content (AvgIpc) is 2.92. The van der Waals surface area contributed by atoms with Gasteiger partial charge in [-0.15, -0.1) is 6.58 Å². The van der Waals surface area contributed by atoms with E-state index in [0.29, 0.717) is 18.9 Å². The van der Waals surface area contributed by atoms with Crippen LogP contribution < -0.4 is 0 Å². The summed E-state index contributed by atoms with van der Waals surface area (Å²) in [5, 5.41) is 0. The Morgan fingerprint density at radius 2 is 1.85 bits per heavy atom. The maximum absolute atomic E-state index is 11.6. The molecule has 2 heterocycles. The minimum Gasteiger partial charge on any atom is -0.366 e. The van der Waals surface area contributed by atoms with Crippen LogP contribution in [0.3, 0.4) is 0 Å². The second kappa shape index (κ2) is 8.95. The smallest absolute Gasteiger partial charge is 0.149 e. The van der Waals surface area contributed by atoms with Crippen LogP contribution in [0, 0.1) is 32.6 Å². The van der Waals surface area contributed by atoms with E-state index in [9.17, 15) is 4.79 Å². The zero-order valence-corrected chi connectivity index (χ0v) is 16.5. The van der Waals surface area contributed by atoms with Crippen LogP contribution in [0.15, 0.2) is 36.9 Å². The van der Waals surface area contributed by atoms with E-state index in [1.165, 1.54) is 0 Å². The lowest BCUT2D eigenvalue weighted by molar-refractivity contribution is -0.121. The Labute approximate surface area is 156 Å². The molecule has 0 spiro atoms. The molecule has 2 aromatic rings. The molecule has 0 aromatic carbocycles. The molecular weight excluding hydrogens is 324 g/mol. The fourth-order valence-electron chi connectivity index (χ4n) is 3.38. The van der Waals surface area contributed by atoms with Crippen molar-refractivity contribution in [2.75, 3.05) is 6.61 Å².